The van der Waals surface area contributed by atoms with Gasteiger partial charge in [-0.3, -0.25) is 67.5 Å². The van der Waals surface area contributed by atoms with E-state index in [4.69, 9.17) is 21.7 Å². The van der Waals surface area contributed by atoms with Crippen LogP contribution in [0.5, 0.6) is 0 Å². The van der Waals surface area contributed by atoms with Crippen molar-refractivity contribution >= 4 is 142 Å². The smallest absolute Gasteiger partial charge is 0.541 e. The number of thioether (sulfide) groups is 6. The van der Waals surface area contributed by atoms with Crippen molar-refractivity contribution in [2.45, 2.75) is 149 Å². The number of carboxylic acid groups (broad SMARTS) is 2. The fraction of sp³-hybridized carbons (Fsp3) is 0.781. The Morgan fingerprint density at radius 2 is 0.729 bits per heavy atom. The molecule has 0 amide bonds. The molecule has 2 saturated heterocycles. The number of carbonyl (C=O) groups excluding carboxylic acids is 10. The van der Waals surface area contributed by atoms with Crippen LogP contribution in [-0.2, 0) is 109 Å². The molecule has 96 heavy (non-hydrogen) atoms. The summed E-state index contributed by atoms with van der Waals surface area (Å²) in [7, 11) is 0. The van der Waals surface area contributed by atoms with Crippen molar-refractivity contribution in [2.75, 3.05) is 165 Å². The summed E-state index contributed by atoms with van der Waals surface area (Å²) in [4.78, 5) is 145. The van der Waals surface area contributed by atoms with Crippen LogP contribution in [0.25, 0.3) is 0 Å². The van der Waals surface area contributed by atoms with Crippen LogP contribution in [0, 0.1) is 14.9 Å². The van der Waals surface area contributed by atoms with Gasteiger partial charge < -0.3 is 65.4 Å². The van der Waals surface area contributed by atoms with E-state index in [0.29, 0.717) is 44.3 Å². The Morgan fingerprint density at radius 1 is 0.458 bits per heavy atom. The van der Waals surface area contributed by atoms with Gasteiger partial charge in [0.15, 0.2) is 0 Å². The van der Waals surface area contributed by atoms with Crippen molar-refractivity contribution in [3.63, 3.8) is 0 Å². The molecule has 3 saturated carbocycles. The van der Waals surface area contributed by atoms with E-state index in [1.807, 2.05) is 53.3 Å². The van der Waals surface area contributed by atoms with Gasteiger partial charge in [-0.15, -0.1) is 0 Å². The Hall–Kier alpha value is -1.60. The molecule has 5 rings (SSSR count). The van der Waals surface area contributed by atoms with Crippen molar-refractivity contribution in [1.29, 1.82) is 0 Å². The van der Waals surface area contributed by atoms with Gasteiger partial charge in [-0.1, -0.05) is 39.8 Å². The Bertz CT molecular complexity index is 2170. The molecular formula is C64H110N8O16S6W2. The molecule has 5 aliphatic rings. The fourth-order valence-electron chi connectivity index (χ4n) is 9.76. The third-order valence-electron chi connectivity index (χ3n) is 14.9. The zero-order chi connectivity index (χ0) is 68.1. The Kier molecular flexibility index (Phi) is 62.6. The monoisotopic (exact) mass is 1810 g/mol. The summed E-state index contributed by atoms with van der Waals surface area (Å²) >= 11 is 12.2. The zero-order valence-electron chi connectivity index (χ0n) is 57.5. The van der Waals surface area contributed by atoms with E-state index in [1.165, 1.54) is 99.4 Å². The summed E-state index contributed by atoms with van der Waals surface area (Å²) in [5, 5.41) is 22.8. The van der Waals surface area contributed by atoms with Crippen molar-refractivity contribution in [3.05, 3.63) is 14.9 Å². The quantitative estimate of drug-likeness (QED) is 0.0280. The number of unbranched alkanes of at least 4 members (excludes halogenated alkanes) is 2. The Morgan fingerprint density at radius 3 is 1.01 bits per heavy atom. The second kappa shape index (κ2) is 60.9. The molecule has 0 spiro atoms. The predicted octanol–water partition coefficient (Wildman–Crippen LogP) is 4.59. The minimum atomic E-state index is -1.05. The molecule has 0 aromatic rings. The molecule has 0 radical (unpaired) electrons. The molecule has 6 atom stereocenters. The molecule has 2 heterocycles. The number of hydrogen-bond donors (Lipinski definition) is 4. The molecule has 6 N–H and O–H groups in total. The minimum Gasteiger partial charge on any atom is -0.541 e. The second-order valence-corrected chi connectivity index (χ2v) is 31.3. The molecule has 0 aromatic carbocycles. The van der Waals surface area contributed by atoms with Gasteiger partial charge in [0.25, 0.3) is 0 Å². The van der Waals surface area contributed by atoms with E-state index in [1.54, 1.807) is 25.9 Å². The normalized spacial score (nSPS) is 19.6. The number of ether oxygens (including phenoxy) is 2. The van der Waals surface area contributed by atoms with Gasteiger partial charge in [0.1, 0.15) is 23.1 Å². The first-order chi connectivity index (χ1) is 44.1. The summed E-state index contributed by atoms with van der Waals surface area (Å²) < 4.78 is 8.76. The summed E-state index contributed by atoms with van der Waals surface area (Å²) in [6.45, 7) is 11.0. The van der Waals surface area contributed by atoms with Crippen LogP contribution in [-0.4, -0.2) is 308 Å². The zero-order valence-corrected chi connectivity index (χ0v) is 68.2. The first-order valence-corrected chi connectivity index (χ1v) is 38.5. The average molecular weight is 1810 g/mol. The van der Waals surface area contributed by atoms with Crippen LogP contribution in [0.4, 0.5) is 0 Å². The van der Waals surface area contributed by atoms with Crippen molar-refractivity contribution in [1.82, 2.24) is 29.4 Å². The average Bonchev–Trinajstić information content (AvgIpc) is 1.16. The van der Waals surface area contributed by atoms with Crippen LogP contribution in [0.3, 0.4) is 0 Å². The predicted molar refractivity (Wildman–Crippen MR) is 383 cm³/mol. The van der Waals surface area contributed by atoms with Gasteiger partial charge in [0, 0.05) is 108 Å². The molecule has 24 nitrogen and oxygen atoms in total. The summed E-state index contributed by atoms with van der Waals surface area (Å²) in [6, 6.07) is 0. The Balaban J connectivity index is -0.00000125. The first kappa shape index (κ1) is 98.6. The number of nitrogens with two attached hydrogens (primary N) is 2. The van der Waals surface area contributed by atoms with Crippen molar-refractivity contribution in [2.24, 2.45) is 11.5 Å². The van der Waals surface area contributed by atoms with Crippen LogP contribution in [0.2, 0.25) is 0 Å². The number of Topliss-reactive ketones (excluding diaryl/α,β-unsaturated/α-hetero) is 4. The van der Waals surface area contributed by atoms with Crippen molar-refractivity contribution < 1.29 is 119 Å². The molecule has 0 bridgehead atoms. The standard InChI is InChI=1S/C22H38N2O6S2.C22H36N2O4S2.C10H12N2O6.C8H18N2S2.2CH3.2W/c1-3-4-11-31-19-7-8-20(19)32-12-5-6-18(26)14-24(16-22(29)30)10-9-23(13-17(2)25)15-21(27)28;1-3-4-15-29-21-7-8-22(21)30-16-5-6-20(28)18-24(12-14-26)10-9-23(11-13-25)17-19(2)27;13-7-3-11(4-8(14)17-7)1-2-12-5-9(15)18-10(16)6-12;9-3-5-11-7-1-2-8(7)12-6-4-10;;;;/h19-20H,3-16H2,1-2H3,(H,27,28)(H,29,30);21-22H,3-12,15-18H2,1-2H3;1-6H2;7-8H,1-6,9-10H2;2*1H3;;/q;-2;;;2*-1;2*+2. The number of morpholine rings is 2. The Labute approximate surface area is 626 Å². The van der Waals surface area contributed by atoms with Gasteiger partial charge in [0.2, 0.25) is 0 Å². The third kappa shape index (κ3) is 48.3. The van der Waals surface area contributed by atoms with Gasteiger partial charge >= 0.3 is 77.9 Å². The number of rotatable bonds is 49. The van der Waals surface area contributed by atoms with Crippen LogP contribution >= 0.6 is 70.6 Å². The maximum atomic E-state index is 12.4. The number of esters is 4. The van der Waals surface area contributed by atoms with Crippen LogP contribution < -0.4 is 11.5 Å². The van der Waals surface area contributed by atoms with E-state index < -0.39 is 35.8 Å². The summed E-state index contributed by atoms with van der Waals surface area (Å²) in [6.07, 6.45) is 19.2. The first-order valence-electron chi connectivity index (χ1n) is 32.2. The van der Waals surface area contributed by atoms with E-state index in [-0.39, 0.29) is 172 Å². The fourth-order valence-corrected chi connectivity index (χ4v) is 18.7. The maximum Gasteiger partial charge on any atom is 2.00 e. The largest absolute Gasteiger partial charge is 2.00 e. The third-order valence-corrected chi connectivity index (χ3v) is 24.4. The van der Waals surface area contributed by atoms with Gasteiger partial charge in [-0.25, -0.2) is 12.6 Å². The SMILES string of the molecule is CCCCSC1CCC1SCCCC(=O)CN(CCN(CC(C)=O)CC(=O)O)CC(=O)O.CCCCSC1CCC1SCCCC(=O)CN(C[C-]=O)CCN(C[C-]=O)CC(C)=O.NCCSC1CCC1SCCN.O=C1CN(CCN2CC(=O)OC(=O)C2)CC(=O)O1.[CH3-].[CH3-].[W+2].[W+2]. The van der Waals surface area contributed by atoms with Gasteiger partial charge in [0.05, 0.1) is 65.4 Å². The number of cyclic esters (lactones) is 4. The van der Waals surface area contributed by atoms with E-state index in [9.17, 15) is 57.5 Å². The molecule has 6 unspecified atom stereocenters. The molecule has 0 aromatic heterocycles. The molecule has 2 aliphatic heterocycles. The van der Waals surface area contributed by atoms with Crippen LogP contribution in [0.1, 0.15) is 118 Å². The van der Waals surface area contributed by atoms with Crippen molar-refractivity contribution in [3.8, 4) is 0 Å². The number of aliphatic carboxylic acids is 2. The maximum absolute atomic E-state index is 12.4. The van der Waals surface area contributed by atoms with Crippen LogP contribution in [0.15, 0.2) is 0 Å². The van der Waals surface area contributed by atoms with Gasteiger partial charge in [-0.2, -0.15) is 70.6 Å². The number of carboxylic acids is 2. The topological polar surface area (TPSA) is 335 Å². The van der Waals surface area contributed by atoms with E-state index in [2.05, 4.69) is 46.8 Å². The number of hydrogen-bond acceptors (Lipinski definition) is 28. The molecule has 32 heteroatoms. The van der Waals surface area contributed by atoms with Gasteiger partial charge in [-0.05, 0) is 101 Å². The molecule has 550 valence electrons. The molecule has 5 fully saturated rings. The number of nitrogens with zero attached hydrogens (tertiary/aromatic N) is 6. The van der Waals surface area contributed by atoms with E-state index >= 15 is 0 Å². The second-order valence-electron chi connectivity index (χ2n) is 23.2. The number of carbonyl (C=O) groups is 10. The minimum absolute atomic E-state index is 0. The number of ketones is 4. The van der Waals surface area contributed by atoms with E-state index in [0.717, 1.165) is 75.2 Å². The molecular weight excluding hydrogens is 1700 g/mol. The molecule has 3 aliphatic carbocycles. The summed E-state index contributed by atoms with van der Waals surface area (Å²) in [5.74, 6) is 2.14. The summed E-state index contributed by atoms with van der Waals surface area (Å²) in [5.41, 5.74) is 10.9.